The number of anilines is 1. The summed E-state index contributed by atoms with van der Waals surface area (Å²) in [7, 11) is 1.30. The van der Waals surface area contributed by atoms with Gasteiger partial charge in [-0.25, -0.2) is 14.8 Å². The van der Waals surface area contributed by atoms with Gasteiger partial charge in [0.05, 0.1) is 19.6 Å². The van der Waals surface area contributed by atoms with Gasteiger partial charge in [-0.3, -0.25) is 0 Å². The lowest BCUT2D eigenvalue weighted by atomic mass is 10.3. The van der Waals surface area contributed by atoms with Crippen LogP contribution < -0.4 is 5.32 Å². The molecule has 0 spiro atoms. The molecule has 0 saturated carbocycles. The minimum Gasteiger partial charge on any atom is -0.472 e. The molecule has 2 aromatic rings. The Hall–Kier alpha value is -2.37. The lowest BCUT2D eigenvalue weighted by molar-refractivity contribution is 0.0586. The Morgan fingerprint density at radius 2 is 2.33 bits per heavy atom. The maximum atomic E-state index is 11.4. The molecule has 0 atom stereocenters. The minimum absolute atomic E-state index is 0.0483. The number of hydrogen-bond acceptors (Lipinski definition) is 6. The van der Waals surface area contributed by atoms with Crippen LogP contribution in [0.5, 0.6) is 0 Å². The zero-order valence-electron chi connectivity index (χ0n) is 10.1. The number of rotatable bonds is 4. The molecule has 6 heteroatoms. The molecule has 0 aliphatic rings. The molecule has 0 aliphatic heterocycles. The fraction of sp³-hybridized carbons (Fsp3) is 0.250. The summed E-state index contributed by atoms with van der Waals surface area (Å²) in [6, 6.07) is 3.61. The Labute approximate surface area is 104 Å². The molecule has 0 unspecified atom stereocenters. The molecular weight excluding hydrogens is 234 g/mol. The van der Waals surface area contributed by atoms with E-state index in [0.717, 1.165) is 5.56 Å². The van der Waals surface area contributed by atoms with Gasteiger partial charge in [0.1, 0.15) is 5.82 Å². The third kappa shape index (κ3) is 2.85. The lowest BCUT2D eigenvalue weighted by Gasteiger charge is -2.06. The van der Waals surface area contributed by atoms with E-state index in [-0.39, 0.29) is 5.82 Å². The van der Waals surface area contributed by atoms with E-state index >= 15 is 0 Å². The van der Waals surface area contributed by atoms with E-state index in [2.05, 4.69) is 20.0 Å². The summed E-state index contributed by atoms with van der Waals surface area (Å²) in [6.45, 7) is 2.35. The molecule has 0 fully saturated rings. The van der Waals surface area contributed by atoms with E-state index in [1.54, 1.807) is 25.5 Å². The molecule has 2 heterocycles. The van der Waals surface area contributed by atoms with Crippen molar-refractivity contribution in [2.75, 3.05) is 12.4 Å². The van der Waals surface area contributed by atoms with Crippen molar-refractivity contribution in [2.45, 2.75) is 13.5 Å². The van der Waals surface area contributed by atoms with Gasteiger partial charge in [-0.2, -0.15) is 0 Å². The highest BCUT2D eigenvalue weighted by molar-refractivity contribution is 5.85. The SMILES string of the molecule is COC(=O)c1nc(C)cc(NCc2ccoc2)n1. The molecule has 94 valence electrons. The second kappa shape index (κ2) is 5.31. The van der Waals surface area contributed by atoms with Crippen LogP contribution in [0.15, 0.2) is 29.1 Å². The van der Waals surface area contributed by atoms with Gasteiger partial charge in [-0.05, 0) is 13.0 Å². The Balaban J connectivity index is 2.12. The van der Waals surface area contributed by atoms with Gasteiger partial charge in [0, 0.05) is 23.9 Å². The first kappa shape index (κ1) is 12.1. The van der Waals surface area contributed by atoms with Crippen molar-refractivity contribution in [1.29, 1.82) is 0 Å². The largest absolute Gasteiger partial charge is 0.472 e. The van der Waals surface area contributed by atoms with Gasteiger partial charge in [0.25, 0.3) is 0 Å². The van der Waals surface area contributed by atoms with Gasteiger partial charge < -0.3 is 14.5 Å². The number of furan rings is 1. The standard InChI is InChI=1S/C12H13N3O3/c1-8-5-10(13-6-9-3-4-18-7-9)15-11(14-8)12(16)17-2/h3-5,7H,6H2,1-2H3,(H,13,14,15). The zero-order valence-corrected chi connectivity index (χ0v) is 10.1. The third-order valence-corrected chi connectivity index (χ3v) is 2.28. The van der Waals surface area contributed by atoms with Gasteiger partial charge in [0.15, 0.2) is 0 Å². The molecular formula is C12H13N3O3. The summed E-state index contributed by atoms with van der Waals surface area (Å²) in [5.74, 6) is 0.0707. The first-order valence-electron chi connectivity index (χ1n) is 5.38. The third-order valence-electron chi connectivity index (χ3n) is 2.28. The van der Waals surface area contributed by atoms with E-state index in [0.29, 0.717) is 18.1 Å². The molecule has 2 aromatic heterocycles. The number of carbonyl (C=O) groups excluding carboxylic acids is 1. The van der Waals surface area contributed by atoms with Crippen molar-refractivity contribution in [3.63, 3.8) is 0 Å². The quantitative estimate of drug-likeness (QED) is 0.830. The Morgan fingerprint density at radius 3 is 3.00 bits per heavy atom. The van der Waals surface area contributed by atoms with E-state index in [1.807, 2.05) is 6.07 Å². The maximum Gasteiger partial charge on any atom is 0.376 e. The highest BCUT2D eigenvalue weighted by atomic mass is 16.5. The molecule has 6 nitrogen and oxygen atoms in total. The zero-order chi connectivity index (χ0) is 13.0. The monoisotopic (exact) mass is 247 g/mol. The highest BCUT2D eigenvalue weighted by Crippen LogP contribution is 2.09. The predicted octanol–water partition coefficient (Wildman–Crippen LogP) is 1.78. The van der Waals surface area contributed by atoms with Crippen molar-refractivity contribution in [2.24, 2.45) is 0 Å². The van der Waals surface area contributed by atoms with Crippen molar-refractivity contribution >= 4 is 11.8 Å². The van der Waals surface area contributed by atoms with Crippen LogP contribution in [0.25, 0.3) is 0 Å². The van der Waals surface area contributed by atoms with E-state index in [4.69, 9.17) is 4.42 Å². The number of esters is 1. The number of carbonyl (C=O) groups is 1. The summed E-state index contributed by atoms with van der Waals surface area (Å²) < 4.78 is 9.55. The topological polar surface area (TPSA) is 77.2 Å². The predicted molar refractivity (Wildman–Crippen MR) is 64.1 cm³/mol. The van der Waals surface area contributed by atoms with Crippen molar-refractivity contribution in [3.05, 3.63) is 41.7 Å². The minimum atomic E-state index is -0.551. The van der Waals surface area contributed by atoms with Gasteiger partial charge in [-0.1, -0.05) is 0 Å². The van der Waals surface area contributed by atoms with Crippen LogP contribution in [0.4, 0.5) is 5.82 Å². The highest BCUT2D eigenvalue weighted by Gasteiger charge is 2.11. The lowest BCUT2D eigenvalue weighted by Crippen LogP contribution is -2.11. The van der Waals surface area contributed by atoms with E-state index < -0.39 is 5.97 Å². The fourth-order valence-electron chi connectivity index (χ4n) is 1.43. The number of aromatic nitrogens is 2. The maximum absolute atomic E-state index is 11.4. The summed E-state index contributed by atoms with van der Waals surface area (Å²) in [4.78, 5) is 19.4. The van der Waals surface area contributed by atoms with Crippen LogP contribution in [0, 0.1) is 6.92 Å². The van der Waals surface area contributed by atoms with Crippen LogP contribution in [0.1, 0.15) is 21.9 Å². The van der Waals surface area contributed by atoms with Crippen LogP contribution in [0.3, 0.4) is 0 Å². The number of nitrogens with zero attached hydrogens (tertiary/aromatic N) is 2. The van der Waals surface area contributed by atoms with Gasteiger partial charge in [-0.15, -0.1) is 0 Å². The van der Waals surface area contributed by atoms with Gasteiger partial charge in [0.2, 0.25) is 5.82 Å². The molecule has 0 bridgehead atoms. The average Bonchev–Trinajstić information content (AvgIpc) is 2.88. The smallest absolute Gasteiger partial charge is 0.376 e. The first-order valence-corrected chi connectivity index (χ1v) is 5.38. The van der Waals surface area contributed by atoms with Crippen molar-refractivity contribution < 1.29 is 13.9 Å². The molecule has 1 N–H and O–H groups in total. The summed E-state index contributed by atoms with van der Waals surface area (Å²) >= 11 is 0. The molecule has 0 aliphatic carbocycles. The van der Waals surface area contributed by atoms with Crippen LogP contribution in [-0.4, -0.2) is 23.0 Å². The van der Waals surface area contributed by atoms with Crippen molar-refractivity contribution in [3.8, 4) is 0 Å². The number of methoxy groups -OCH3 is 1. The number of nitrogens with one attached hydrogen (secondary N) is 1. The Bertz CT molecular complexity index is 538. The molecule has 18 heavy (non-hydrogen) atoms. The number of hydrogen-bond donors (Lipinski definition) is 1. The Kier molecular flexibility index (Phi) is 3.57. The summed E-state index contributed by atoms with van der Waals surface area (Å²) in [6.07, 6.45) is 3.24. The average molecular weight is 247 g/mol. The van der Waals surface area contributed by atoms with E-state index in [1.165, 1.54) is 7.11 Å². The molecule has 2 rings (SSSR count). The van der Waals surface area contributed by atoms with Gasteiger partial charge >= 0.3 is 5.97 Å². The number of aryl methyl sites for hydroxylation is 1. The molecule has 0 amide bonds. The Morgan fingerprint density at radius 1 is 1.50 bits per heavy atom. The fourth-order valence-corrected chi connectivity index (χ4v) is 1.43. The molecule has 0 saturated heterocycles. The number of ether oxygens (including phenoxy) is 1. The first-order chi connectivity index (χ1) is 8.69. The second-order valence-electron chi connectivity index (χ2n) is 3.69. The van der Waals surface area contributed by atoms with Crippen LogP contribution in [0.2, 0.25) is 0 Å². The van der Waals surface area contributed by atoms with Crippen molar-refractivity contribution in [1.82, 2.24) is 9.97 Å². The van der Waals surface area contributed by atoms with E-state index in [9.17, 15) is 4.79 Å². The molecule has 0 aromatic carbocycles. The molecule has 0 radical (unpaired) electrons. The second-order valence-corrected chi connectivity index (χ2v) is 3.69. The normalized spacial score (nSPS) is 10.1. The summed E-state index contributed by atoms with van der Waals surface area (Å²) in [5.41, 5.74) is 1.69. The summed E-state index contributed by atoms with van der Waals surface area (Å²) in [5, 5.41) is 3.09. The van der Waals surface area contributed by atoms with Crippen LogP contribution in [-0.2, 0) is 11.3 Å². The van der Waals surface area contributed by atoms with Crippen LogP contribution >= 0.6 is 0 Å².